The molecule has 2 fully saturated rings. The Labute approximate surface area is 149 Å². The standard InChI is InChI=1S/C19H29N3O3/c1-13(15-9-20-10-15)19(23)21-16-4-5-22(12-16)11-14-6-17(24-2)8-18(7-14)25-3/h6-8,13,15-16,20H,4-5,9-12H2,1-3H3,(H,21,23). The maximum atomic E-state index is 12.4. The maximum Gasteiger partial charge on any atom is 0.223 e. The van der Waals surface area contributed by atoms with Gasteiger partial charge in [-0.05, 0) is 43.1 Å². The molecule has 2 unspecified atom stereocenters. The number of carbonyl (C=O) groups is 1. The van der Waals surface area contributed by atoms with Crippen LogP contribution in [0.1, 0.15) is 18.9 Å². The summed E-state index contributed by atoms with van der Waals surface area (Å²) in [5.74, 6) is 2.39. The predicted molar refractivity (Wildman–Crippen MR) is 96.9 cm³/mol. The van der Waals surface area contributed by atoms with Gasteiger partial charge in [-0.25, -0.2) is 0 Å². The molecule has 2 aliphatic rings. The first-order valence-corrected chi connectivity index (χ1v) is 9.04. The summed E-state index contributed by atoms with van der Waals surface area (Å²) in [5.41, 5.74) is 1.16. The van der Waals surface area contributed by atoms with Crippen molar-refractivity contribution in [1.82, 2.24) is 15.5 Å². The molecule has 138 valence electrons. The molecule has 2 N–H and O–H groups in total. The molecule has 2 atom stereocenters. The van der Waals surface area contributed by atoms with Crippen LogP contribution >= 0.6 is 0 Å². The Hall–Kier alpha value is -1.79. The quantitative estimate of drug-likeness (QED) is 0.777. The van der Waals surface area contributed by atoms with Gasteiger partial charge in [0.2, 0.25) is 5.91 Å². The summed E-state index contributed by atoms with van der Waals surface area (Å²) < 4.78 is 10.7. The lowest BCUT2D eigenvalue weighted by atomic mass is 9.88. The zero-order valence-electron chi connectivity index (χ0n) is 15.4. The van der Waals surface area contributed by atoms with Crippen LogP contribution in [0.5, 0.6) is 11.5 Å². The molecule has 6 nitrogen and oxygen atoms in total. The highest BCUT2D eigenvalue weighted by atomic mass is 16.5. The average molecular weight is 347 g/mol. The number of nitrogens with one attached hydrogen (secondary N) is 2. The Kier molecular flexibility index (Phi) is 5.81. The number of hydrogen-bond acceptors (Lipinski definition) is 5. The Balaban J connectivity index is 1.52. The molecular formula is C19H29N3O3. The van der Waals surface area contributed by atoms with E-state index < -0.39 is 0 Å². The highest BCUT2D eigenvalue weighted by Gasteiger charge is 2.31. The summed E-state index contributed by atoms with van der Waals surface area (Å²) in [6, 6.07) is 6.21. The third-order valence-corrected chi connectivity index (χ3v) is 5.37. The Bertz CT molecular complexity index is 581. The summed E-state index contributed by atoms with van der Waals surface area (Å²) in [4.78, 5) is 14.7. The number of likely N-dealkylation sites (tertiary alicyclic amines) is 1. The second-order valence-electron chi connectivity index (χ2n) is 7.16. The molecule has 2 aliphatic heterocycles. The fourth-order valence-electron chi connectivity index (χ4n) is 3.52. The molecule has 0 aliphatic carbocycles. The van der Waals surface area contributed by atoms with Crippen LogP contribution < -0.4 is 20.1 Å². The first kappa shape index (κ1) is 18.0. The van der Waals surface area contributed by atoms with E-state index >= 15 is 0 Å². The van der Waals surface area contributed by atoms with Crippen molar-refractivity contribution in [3.05, 3.63) is 23.8 Å². The number of benzene rings is 1. The monoisotopic (exact) mass is 347 g/mol. The molecule has 2 saturated heterocycles. The van der Waals surface area contributed by atoms with Crippen LogP contribution in [0.4, 0.5) is 0 Å². The fourth-order valence-corrected chi connectivity index (χ4v) is 3.52. The first-order chi connectivity index (χ1) is 12.1. The zero-order chi connectivity index (χ0) is 17.8. The van der Waals surface area contributed by atoms with Gasteiger partial charge in [-0.1, -0.05) is 6.92 Å². The summed E-state index contributed by atoms with van der Waals surface area (Å²) in [5, 5.41) is 6.47. The third kappa shape index (κ3) is 4.44. The molecule has 0 bridgehead atoms. The van der Waals surface area contributed by atoms with Crippen molar-refractivity contribution in [2.45, 2.75) is 25.9 Å². The number of ether oxygens (including phenoxy) is 2. The molecule has 0 radical (unpaired) electrons. The van der Waals surface area contributed by atoms with Crippen molar-refractivity contribution in [3.8, 4) is 11.5 Å². The molecule has 1 amide bonds. The predicted octanol–water partition coefficient (Wildman–Crippen LogP) is 1.25. The molecule has 0 spiro atoms. The minimum Gasteiger partial charge on any atom is -0.497 e. The van der Waals surface area contributed by atoms with E-state index in [0.29, 0.717) is 5.92 Å². The van der Waals surface area contributed by atoms with E-state index in [1.165, 1.54) is 0 Å². The number of methoxy groups -OCH3 is 2. The van der Waals surface area contributed by atoms with Crippen LogP contribution in [0.25, 0.3) is 0 Å². The van der Waals surface area contributed by atoms with E-state index in [1.54, 1.807) is 14.2 Å². The van der Waals surface area contributed by atoms with Gasteiger partial charge in [0.25, 0.3) is 0 Å². The van der Waals surface area contributed by atoms with Gasteiger partial charge >= 0.3 is 0 Å². The average Bonchev–Trinajstić information content (AvgIpc) is 2.99. The van der Waals surface area contributed by atoms with Gasteiger partial charge < -0.3 is 20.1 Å². The van der Waals surface area contributed by atoms with Gasteiger partial charge in [0, 0.05) is 37.7 Å². The molecule has 0 aromatic heterocycles. The molecule has 25 heavy (non-hydrogen) atoms. The van der Waals surface area contributed by atoms with Gasteiger partial charge in [-0.2, -0.15) is 0 Å². The largest absolute Gasteiger partial charge is 0.497 e. The third-order valence-electron chi connectivity index (χ3n) is 5.37. The van der Waals surface area contributed by atoms with Crippen LogP contribution in [0.15, 0.2) is 18.2 Å². The minimum absolute atomic E-state index is 0.0953. The van der Waals surface area contributed by atoms with Crippen molar-refractivity contribution in [1.29, 1.82) is 0 Å². The lowest BCUT2D eigenvalue weighted by Gasteiger charge is -2.32. The van der Waals surface area contributed by atoms with Crippen molar-refractivity contribution in [2.75, 3.05) is 40.4 Å². The van der Waals surface area contributed by atoms with Crippen molar-refractivity contribution >= 4 is 5.91 Å². The minimum atomic E-state index is 0.0953. The number of nitrogens with zero attached hydrogens (tertiary/aromatic N) is 1. The lowest BCUT2D eigenvalue weighted by Crippen LogP contribution is -2.51. The second kappa shape index (κ2) is 8.06. The zero-order valence-corrected chi connectivity index (χ0v) is 15.4. The van der Waals surface area contributed by atoms with Crippen molar-refractivity contribution in [2.24, 2.45) is 11.8 Å². The Morgan fingerprint density at radius 1 is 1.28 bits per heavy atom. The van der Waals surface area contributed by atoms with Gasteiger partial charge in [-0.3, -0.25) is 9.69 Å². The summed E-state index contributed by atoms with van der Waals surface area (Å²) in [7, 11) is 3.33. The normalized spacial score (nSPS) is 22.3. The molecule has 2 heterocycles. The summed E-state index contributed by atoms with van der Waals surface area (Å²) >= 11 is 0. The summed E-state index contributed by atoms with van der Waals surface area (Å²) in [6.45, 7) is 6.68. The number of carbonyl (C=O) groups excluding carboxylic acids is 1. The van der Waals surface area contributed by atoms with Crippen LogP contribution in [-0.4, -0.2) is 57.2 Å². The Morgan fingerprint density at radius 3 is 2.52 bits per heavy atom. The van der Waals surface area contributed by atoms with E-state index in [0.717, 1.165) is 56.2 Å². The molecule has 1 aromatic carbocycles. The lowest BCUT2D eigenvalue weighted by molar-refractivity contribution is -0.127. The number of amides is 1. The molecule has 6 heteroatoms. The summed E-state index contributed by atoms with van der Waals surface area (Å²) in [6.07, 6.45) is 1.00. The second-order valence-corrected chi connectivity index (χ2v) is 7.16. The Morgan fingerprint density at radius 2 is 1.96 bits per heavy atom. The SMILES string of the molecule is COc1cc(CN2CCC(NC(=O)C(C)C3CNC3)C2)cc(OC)c1. The highest BCUT2D eigenvalue weighted by molar-refractivity contribution is 5.79. The van der Waals surface area contributed by atoms with Gasteiger partial charge in [0.1, 0.15) is 11.5 Å². The van der Waals surface area contributed by atoms with Crippen LogP contribution in [-0.2, 0) is 11.3 Å². The fraction of sp³-hybridized carbons (Fsp3) is 0.632. The van der Waals surface area contributed by atoms with Gasteiger partial charge in [-0.15, -0.1) is 0 Å². The van der Waals surface area contributed by atoms with Gasteiger partial charge in [0.15, 0.2) is 0 Å². The molecule has 3 rings (SSSR count). The van der Waals surface area contributed by atoms with Crippen LogP contribution in [0.3, 0.4) is 0 Å². The van der Waals surface area contributed by atoms with Gasteiger partial charge in [0.05, 0.1) is 14.2 Å². The maximum absolute atomic E-state index is 12.4. The van der Waals surface area contributed by atoms with E-state index in [1.807, 2.05) is 25.1 Å². The van der Waals surface area contributed by atoms with E-state index in [-0.39, 0.29) is 17.9 Å². The molecule has 0 saturated carbocycles. The van der Waals surface area contributed by atoms with Crippen molar-refractivity contribution in [3.63, 3.8) is 0 Å². The highest BCUT2D eigenvalue weighted by Crippen LogP contribution is 2.24. The topological polar surface area (TPSA) is 62.8 Å². The van der Waals surface area contributed by atoms with Crippen molar-refractivity contribution < 1.29 is 14.3 Å². The number of hydrogen-bond donors (Lipinski definition) is 2. The van der Waals surface area contributed by atoms with E-state index in [2.05, 4.69) is 15.5 Å². The first-order valence-electron chi connectivity index (χ1n) is 9.04. The van der Waals surface area contributed by atoms with Crippen LogP contribution in [0, 0.1) is 11.8 Å². The van der Waals surface area contributed by atoms with E-state index in [9.17, 15) is 4.79 Å². The molecular weight excluding hydrogens is 318 g/mol. The van der Waals surface area contributed by atoms with E-state index in [4.69, 9.17) is 9.47 Å². The number of rotatable bonds is 7. The molecule has 1 aromatic rings. The van der Waals surface area contributed by atoms with Crippen LogP contribution in [0.2, 0.25) is 0 Å². The smallest absolute Gasteiger partial charge is 0.223 e.